The van der Waals surface area contributed by atoms with Gasteiger partial charge in [0.25, 0.3) is 0 Å². The van der Waals surface area contributed by atoms with Crippen molar-refractivity contribution in [3.63, 3.8) is 0 Å². The zero-order chi connectivity index (χ0) is 20.3. The van der Waals surface area contributed by atoms with Gasteiger partial charge in [0.2, 0.25) is 0 Å². The molecular weight excluding hydrogens is 374 g/mol. The highest BCUT2D eigenvalue weighted by Gasteiger charge is 2.40. The van der Waals surface area contributed by atoms with E-state index in [9.17, 15) is 9.90 Å². The van der Waals surface area contributed by atoms with E-state index < -0.39 is 12.0 Å². The summed E-state index contributed by atoms with van der Waals surface area (Å²) in [7, 11) is 3.55. The summed E-state index contributed by atoms with van der Waals surface area (Å²) in [6.45, 7) is 2.47. The fraction of sp³-hybridized carbons (Fsp3) is 0.435. The third kappa shape index (κ3) is 4.03. The third-order valence-electron chi connectivity index (χ3n) is 6.18. The number of nitrogens with zero attached hydrogens (tertiary/aromatic N) is 1. The summed E-state index contributed by atoms with van der Waals surface area (Å²) in [6.07, 6.45) is 3.92. The average Bonchev–Trinajstić information content (AvgIpc) is 3.06. The molecule has 0 saturated carbocycles. The molecule has 1 aliphatic carbocycles. The molecule has 3 rings (SSSR count). The largest absolute Gasteiger partial charge is 0.497 e. The van der Waals surface area contributed by atoms with Crippen LogP contribution in [0.5, 0.6) is 5.75 Å². The van der Waals surface area contributed by atoms with Crippen LogP contribution in [-0.4, -0.2) is 42.7 Å². The summed E-state index contributed by atoms with van der Waals surface area (Å²) in [6, 6.07) is 14.1. The van der Waals surface area contributed by atoms with Crippen LogP contribution in [0.1, 0.15) is 42.9 Å². The summed E-state index contributed by atoms with van der Waals surface area (Å²) < 4.78 is 5.33. The molecule has 5 heteroatoms. The van der Waals surface area contributed by atoms with Crippen LogP contribution in [0, 0.1) is 0 Å². The van der Waals surface area contributed by atoms with Crippen LogP contribution in [0.2, 0.25) is 5.02 Å². The first-order chi connectivity index (χ1) is 13.4. The minimum atomic E-state index is -0.784. The Hall–Kier alpha value is -2.04. The molecule has 0 amide bonds. The van der Waals surface area contributed by atoms with Gasteiger partial charge in [-0.25, -0.2) is 0 Å². The van der Waals surface area contributed by atoms with Crippen LogP contribution in [0.25, 0.3) is 0 Å². The Kier molecular flexibility index (Phi) is 6.31. The topological polar surface area (TPSA) is 49.8 Å². The lowest BCUT2D eigenvalue weighted by Gasteiger charge is -2.33. The molecule has 0 fully saturated rings. The molecule has 1 unspecified atom stereocenters. The van der Waals surface area contributed by atoms with Gasteiger partial charge in [-0.15, -0.1) is 0 Å². The molecule has 2 aromatic carbocycles. The number of carboxylic acids is 1. The first kappa shape index (κ1) is 20.7. The second kappa shape index (κ2) is 8.54. The third-order valence-corrected chi connectivity index (χ3v) is 6.41. The highest BCUT2D eigenvalue weighted by molar-refractivity contribution is 6.30. The molecule has 2 aromatic rings. The zero-order valence-electron chi connectivity index (χ0n) is 16.7. The van der Waals surface area contributed by atoms with Gasteiger partial charge in [-0.2, -0.15) is 0 Å². The van der Waals surface area contributed by atoms with Gasteiger partial charge in [0.1, 0.15) is 11.8 Å². The maximum Gasteiger partial charge on any atom is 0.320 e. The first-order valence-corrected chi connectivity index (χ1v) is 10.1. The Labute approximate surface area is 172 Å². The number of aliphatic carboxylic acids is 1. The second-order valence-corrected chi connectivity index (χ2v) is 8.15. The first-order valence-electron chi connectivity index (χ1n) is 9.74. The number of aryl methyl sites for hydroxylation is 1. The number of hydrogen-bond donors (Lipinski definition) is 1. The van der Waals surface area contributed by atoms with E-state index in [0.717, 1.165) is 43.0 Å². The van der Waals surface area contributed by atoms with Crippen LogP contribution >= 0.6 is 11.6 Å². The number of ether oxygens (including phenoxy) is 1. The quantitative estimate of drug-likeness (QED) is 0.692. The Morgan fingerprint density at radius 3 is 2.64 bits per heavy atom. The van der Waals surface area contributed by atoms with E-state index >= 15 is 0 Å². The molecule has 0 aromatic heterocycles. The predicted molar refractivity (Wildman–Crippen MR) is 113 cm³/mol. The van der Waals surface area contributed by atoms with Gasteiger partial charge in [-0.05, 0) is 87.2 Å². The highest BCUT2D eigenvalue weighted by atomic mass is 35.5. The SMILES string of the molecule is COc1ccc([C@]2(CCCN(C)C(C)C(=O)O)CCc3cc(Cl)ccc32)cc1. The van der Waals surface area contributed by atoms with Gasteiger partial charge >= 0.3 is 5.97 Å². The number of methoxy groups -OCH3 is 1. The predicted octanol–water partition coefficient (Wildman–Crippen LogP) is 4.77. The van der Waals surface area contributed by atoms with Gasteiger partial charge < -0.3 is 9.84 Å². The van der Waals surface area contributed by atoms with Crippen molar-refractivity contribution in [3.8, 4) is 5.75 Å². The summed E-state index contributed by atoms with van der Waals surface area (Å²) in [4.78, 5) is 13.1. The molecule has 2 atom stereocenters. The maximum atomic E-state index is 11.2. The van der Waals surface area contributed by atoms with Crippen molar-refractivity contribution in [1.82, 2.24) is 4.90 Å². The van der Waals surface area contributed by atoms with E-state index in [2.05, 4.69) is 24.3 Å². The van der Waals surface area contributed by atoms with Crippen molar-refractivity contribution in [2.75, 3.05) is 20.7 Å². The number of carboxylic acid groups (broad SMARTS) is 1. The number of fused-ring (bicyclic) bond motifs is 1. The molecule has 0 saturated heterocycles. The molecule has 1 aliphatic rings. The lowest BCUT2D eigenvalue weighted by molar-refractivity contribution is -0.142. The van der Waals surface area contributed by atoms with E-state index in [-0.39, 0.29) is 5.41 Å². The van der Waals surface area contributed by atoms with Gasteiger partial charge in [0.15, 0.2) is 0 Å². The minimum Gasteiger partial charge on any atom is -0.497 e. The molecule has 1 N–H and O–H groups in total. The number of carbonyl (C=O) groups is 1. The Morgan fingerprint density at radius 2 is 2.00 bits per heavy atom. The summed E-state index contributed by atoms with van der Waals surface area (Å²) >= 11 is 6.23. The second-order valence-electron chi connectivity index (χ2n) is 7.71. The molecule has 4 nitrogen and oxygen atoms in total. The van der Waals surface area contributed by atoms with E-state index in [1.807, 2.05) is 30.1 Å². The van der Waals surface area contributed by atoms with Crippen LogP contribution in [-0.2, 0) is 16.6 Å². The monoisotopic (exact) mass is 401 g/mol. The van der Waals surface area contributed by atoms with Crippen molar-refractivity contribution in [2.45, 2.75) is 44.1 Å². The van der Waals surface area contributed by atoms with Gasteiger partial charge in [0.05, 0.1) is 7.11 Å². The van der Waals surface area contributed by atoms with Crippen LogP contribution in [0.15, 0.2) is 42.5 Å². The Balaban J connectivity index is 1.88. The normalized spacial score (nSPS) is 19.5. The smallest absolute Gasteiger partial charge is 0.320 e. The van der Waals surface area contributed by atoms with E-state index in [0.29, 0.717) is 0 Å². The van der Waals surface area contributed by atoms with E-state index in [1.165, 1.54) is 16.7 Å². The molecule has 28 heavy (non-hydrogen) atoms. The average molecular weight is 402 g/mol. The summed E-state index contributed by atoms with van der Waals surface area (Å²) in [5.74, 6) is 0.0662. The highest BCUT2D eigenvalue weighted by Crippen LogP contribution is 2.48. The molecular formula is C23H28ClNO3. The van der Waals surface area contributed by atoms with Crippen LogP contribution < -0.4 is 4.74 Å². The number of benzene rings is 2. The number of halogens is 1. The number of rotatable bonds is 8. The fourth-order valence-corrected chi connectivity index (χ4v) is 4.54. The standard InChI is InChI=1S/C23H28ClNO3/c1-16(22(26)27)25(2)14-4-12-23(18-5-8-20(28-3)9-6-18)13-11-17-15-19(24)7-10-21(17)23/h5-10,15-16H,4,11-14H2,1-3H3,(H,26,27)/t16?,23-/m0/s1. The van der Waals surface area contributed by atoms with Crippen LogP contribution in [0.4, 0.5) is 0 Å². The molecule has 0 heterocycles. The molecule has 0 radical (unpaired) electrons. The Morgan fingerprint density at radius 1 is 1.29 bits per heavy atom. The molecule has 150 valence electrons. The van der Waals surface area contributed by atoms with Crippen molar-refractivity contribution in [3.05, 3.63) is 64.2 Å². The lowest BCUT2D eigenvalue weighted by atomic mass is 9.72. The van der Waals surface area contributed by atoms with Gasteiger partial charge in [-0.1, -0.05) is 29.8 Å². The summed E-state index contributed by atoms with van der Waals surface area (Å²) in [5.41, 5.74) is 3.87. The maximum absolute atomic E-state index is 11.2. The van der Waals surface area contributed by atoms with Crippen molar-refractivity contribution in [2.24, 2.45) is 0 Å². The van der Waals surface area contributed by atoms with Crippen molar-refractivity contribution >= 4 is 17.6 Å². The van der Waals surface area contributed by atoms with E-state index in [1.54, 1.807) is 14.0 Å². The van der Waals surface area contributed by atoms with E-state index in [4.69, 9.17) is 16.3 Å². The van der Waals surface area contributed by atoms with Gasteiger partial charge in [-0.3, -0.25) is 9.69 Å². The number of likely N-dealkylation sites (N-methyl/N-ethyl adjacent to an activating group) is 1. The zero-order valence-corrected chi connectivity index (χ0v) is 17.5. The fourth-order valence-electron chi connectivity index (χ4n) is 4.35. The van der Waals surface area contributed by atoms with Crippen LogP contribution in [0.3, 0.4) is 0 Å². The van der Waals surface area contributed by atoms with Gasteiger partial charge in [0, 0.05) is 10.4 Å². The molecule has 0 aliphatic heterocycles. The van der Waals surface area contributed by atoms with Crippen molar-refractivity contribution < 1.29 is 14.6 Å². The summed E-state index contributed by atoms with van der Waals surface area (Å²) in [5, 5.41) is 10.0. The number of hydrogen-bond acceptors (Lipinski definition) is 3. The Bertz CT molecular complexity index is 836. The lowest BCUT2D eigenvalue weighted by Crippen LogP contribution is -2.37. The van der Waals surface area contributed by atoms with Crippen molar-refractivity contribution in [1.29, 1.82) is 0 Å². The minimum absolute atomic E-state index is 0.0699. The molecule has 0 spiro atoms. The molecule has 0 bridgehead atoms.